The van der Waals surface area contributed by atoms with Crippen molar-refractivity contribution in [1.29, 1.82) is 0 Å². The molecule has 170 valence electrons. The molecule has 0 aliphatic heterocycles. The second-order valence-electron chi connectivity index (χ2n) is 6.50. The molecule has 30 heavy (non-hydrogen) atoms. The molecule has 0 saturated heterocycles. The van der Waals surface area contributed by atoms with Crippen molar-refractivity contribution in [3.05, 3.63) is 23.3 Å². The highest BCUT2D eigenvalue weighted by atomic mass is 16.6. The zero-order chi connectivity index (χ0) is 22.8. The maximum atomic E-state index is 11.4. The van der Waals surface area contributed by atoms with Gasteiger partial charge in [-0.3, -0.25) is 0 Å². The zero-order valence-corrected chi connectivity index (χ0v) is 17.6. The fourth-order valence-corrected chi connectivity index (χ4v) is 2.12. The smallest absolute Gasteiger partial charge is 0.407 e. The molecule has 4 N–H and O–H groups in total. The number of carboxylic acid groups (broad SMARTS) is 2. The topological polar surface area (TPSA) is 151 Å². The molecule has 0 rings (SSSR count). The number of rotatable bonds is 15. The number of ether oxygens (including phenoxy) is 2. The molecule has 10 heteroatoms. The Bertz CT molecular complexity index is 574. The van der Waals surface area contributed by atoms with E-state index >= 15 is 0 Å². The minimum Gasteiger partial charge on any atom is -0.478 e. The van der Waals surface area contributed by atoms with Crippen LogP contribution in [0.1, 0.15) is 52.4 Å². The van der Waals surface area contributed by atoms with Crippen molar-refractivity contribution in [2.45, 2.75) is 52.4 Å². The van der Waals surface area contributed by atoms with Gasteiger partial charge in [-0.1, -0.05) is 25.0 Å². The van der Waals surface area contributed by atoms with Gasteiger partial charge in [-0.25, -0.2) is 19.2 Å². The molecular formula is C20H32N2O8. The number of carboxylic acids is 2. The third kappa shape index (κ3) is 16.0. The molecule has 0 unspecified atom stereocenters. The highest BCUT2D eigenvalue weighted by Crippen LogP contribution is 2.00. The Balaban J connectivity index is 3.52. The predicted octanol–water partition coefficient (Wildman–Crippen LogP) is 2.84. The Hall–Kier alpha value is -3.04. The number of carbonyl (C=O) groups excluding carboxylic acids is 2. The van der Waals surface area contributed by atoms with Gasteiger partial charge in [-0.2, -0.15) is 0 Å². The van der Waals surface area contributed by atoms with Crippen LogP contribution in [0.5, 0.6) is 0 Å². The van der Waals surface area contributed by atoms with E-state index in [1.165, 1.54) is 26.0 Å². The normalized spacial score (nSPS) is 11.5. The van der Waals surface area contributed by atoms with Gasteiger partial charge in [0.15, 0.2) is 0 Å². The molecule has 0 fully saturated rings. The number of amides is 2. The summed E-state index contributed by atoms with van der Waals surface area (Å²) in [4.78, 5) is 44.1. The van der Waals surface area contributed by atoms with Gasteiger partial charge in [-0.15, -0.1) is 0 Å². The lowest BCUT2D eigenvalue weighted by Crippen LogP contribution is -2.26. The van der Waals surface area contributed by atoms with E-state index in [1.54, 1.807) is 0 Å². The number of carbonyl (C=O) groups is 4. The van der Waals surface area contributed by atoms with E-state index < -0.39 is 24.1 Å². The standard InChI is InChI=1S/C20H32N2O8/c1-15(17(23)24)9-7-13-29-19(27)21-11-5-3-4-6-12-22-20(28)30-14-8-10-16(2)18(25)26/h9-10H,3-8,11-14H2,1-2H3,(H,21,27)(H,22,28)(H,23,24)(H,25,26). The van der Waals surface area contributed by atoms with Crippen molar-refractivity contribution in [3.8, 4) is 0 Å². The lowest BCUT2D eigenvalue weighted by atomic mass is 10.2. The van der Waals surface area contributed by atoms with Gasteiger partial charge >= 0.3 is 24.1 Å². The van der Waals surface area contributed by atoms with E-state index in [4.69, 9.17) is 19.7 Å². The number of aliphatic carboxylic acids is 2. The summed E-state index contributed by atoms with van der Waals surface area (Å²) in [6.07, 6.45) is 5.91. The quantitative estimate of drug-likeness (QED) is 0.230. The summed E-state index contributed by atoms with van der Waals surface area (Å²) in [7, 11) is 0. The second kappa shape index (κ2) is 16.9. The zero-order valence-electron chi connectivity index (χ0n) is 17.6. The Kier molecular flexibility index (Phi) is 15.2. The van der Waals surface area contributed by atoms with Crippen LogP contribution in [0.3, 0.4) is 0 Å². The lowest BCUT2D eigenvalue weighted by molar-refractivity contribution is -0.133. The van der Waals surface area contributed by atoms with Crippen LogP contribution >= 0.6 is 0 Å². The molecule has 0 aromatic carbocycles. The molecule has 0 aromatic heterocycles. The summed E-state index contributed by atoms with van der Waals surface area (Å²) in [5, 5.41) is 22.6. The molecule has 0 atom stereocenters. The summed E-state index contributed by atoms with van der Waals surface area (Å²) in [6.45, 7) is 4.14. The third-order valence-electron chi connectivity index (χ3n) is 3.92. The molecule has 0 aliphatic carbocycles. The van der Waals surface area contributed by atoms with Crippen LogP contribution in [0.2, 0.25) is 0 Å². The van der Waals surface area contributed by atoms with E-state index in [0.29, 0.717) is 25.9 Å². The first-order valence-corrected chi connectivity index (χ1v) is 9.85. The summed E-state index contributed by atoms with van der Waals surface area (Å²) in [6, 6.07) is 0. The molecule has 2 amide bonds. The SMILES string of the molecule is CC(=CCCOC(=O)NCCCCCCNC(=O)OCCC=C(C)C(=O)O)C(=O)O. The van der Waals surface area contributed by atoms with Gasteiger partial charge in [0.25, 0.3) is 0 Å². The Morgan fingerprint density at radius 1 is 0.700 bits per heavy atom. The van der Waals surface area contributed by atoms with Crippen molar-refractivity contribution in [2.24, 2.45) is 0 Å². The van der Waals surface area contributed by atoms with Crippen LogP contribution < -0.4 is 10.6 Å². The maximum absolute atomic E-state index is 11.4. The largest absolute Gasteiger partial charge is 0.478 e. The fraction of sp³-hybridized carbons (Fsp3) is 0.600. The average molecular weight is 428 g/mol. The van der Waals surface area contributed by atoms with Gasteiger partial charge in [0.1, 0.15) is 0 Å². The molecule has 0 aromatic rings. The summed E-state index contributed by atoms with van der Waals surface area (Å²) in [5.74, 6) is -1.99. The summed E-state index contributed by atoms with van der Waals surface area (Å²) >= 11 is 0. The minimum atomic E-state index is -0.993. The Morgan fingerprint density at radius 2 is 1.07 bits per heavy atom. The maximum Gasteiger partial charge on any atom is 0.407 e. The van der Waals surface area contributed by atoms with Crippen LogP contribution in [0.25, 0.3) is 0 Å². The molecule has 0 bridgehead atoms. The van der Waals surface area contributed by atoms with Crippen LogP contribution in [-0.4, -0.2) is 60.6 Å². The molecular weight excluding hydrogens is 396 g/mol. The van der Waals surface area contributed by atoms with Crippen molar-refractivity contribution >= 4 is 24.1 Å². The highest BCUT2D eigenvalue weighted by molar-refractivity contribution is 5.86. The van der Waals surface area contributed by atoms with E-state index in [9.17, 15) is 19.2 Å². The highest BCUT2D eigenvalue weighted by Gasteiger charge is 2.03. The average Bonchev–Trinajstić information content (AvgIpc) is 2.69. The van der Waals surface area contributed by atoms with E-state index in [1.807, 2.05) is 0 Å². The van der Waals surface area contributed by atoms with E-state index in [0.717, 1.165) is 25.7 Å². The first-order chi connectivity index (χ1) is 14.2. The van der Waals surface area contributed by atoms with Crippen LogP contribution in [0.4, 0.5) is 9.59 Å². The minimum absolute atomic E-state index is 0.119. The predicted molar refractivity (Wildman–Crippen MR) is 109 cm³/mol. The number of unbranched alkanes of at least 4 members (excludes halogenated alkanes) is 3. The number of hydrogen-bond acceptors (Lipinski definition) is 6. The van der Waals surface area contributed by atoms with Gasteiger partial charge in [0.05, 0.1) is 13.2 Å². The van der Waals surface area contributed by atoms with Crippen molar-refractivity contribution in [1.82, 2.24) is 10.6 Å². The molecule has 0 aliphatic rings. The fourth-order valence-electron chi connectivity index (χ4n) is 2.12. The Labute approximate surface area is 176 Å². The molecule has 10 nitrogen and oxygen atoms in total. The molecule has 0 saturated carbocycles. The van der Waals surface area contributed by atoms with E-state index in [-0.39, 0.29) is 24.4 Å². The second-order valence-corrected chi connectivity index (χ2v) is 6.50. The van der Waals surface area contributed by atoms with Crippen molar-refractivity contribution in [3.63, 3.8) is 0 Å². The number of nitrogens with one attached hydrogen (secondary N) is 2. The molecule has 0 radical (unpaired) electrons. The van der Waals surface area contributed by atoms with Crippen LogP contribution in [0.15, 0.2) is 23.3 Å². The van der Waals surface area contributed by atoms with Gasteiger partial charge in [-0.05, 0) is 26.7 Å². The summed E-state index contributed by atoms with van der Waals surface area (Å²) in [5.41, 5.74) is 0.425. The van der Waals surface area contributed by atoms with E-state index in [2.05, 4.69) is 10.6 Å². The lowest BCUT2D eigenvalue weighted by Gasteiger charge is -2.07. The monoisotopic (exact) mass is 428 g/mol. The van der Waals surface area contributed by atoms with Gasteiger partial charge in [0, 0.05) is 37.1 Å². The summed E-state index contributed by atoms with van der Waals surface area (Å²) < 4.78 is 9.85. The van der Waals surface area contributed by atoms with Crippen LogP contribution in [-0.2, 0) is 19.1 Å². The first-order valence-electron chi connectivity index (χ1n) is 9.85. The number of hydrogen-bond donors (Lipinski definition) is 4. The number of alkyl carbamates (subject to hydrolysis) is 2. The Morgan fingerprint density at radius 3 is 1.40 bits per heavy atom. The molecule has 0 spiro atoms. The third-order valence-corrected chi connectivity index (χ3v) is 3.92. The van der Waals surface area contributed by atoms with Crippen molar-refractivity contribution in [2.75, 3.05) is 26.3 Å². The molecule has 0 heterocycles. The van der Waals surface area contributed by atoms with Gasteiger partial charge < -0.3 is 30.3 Å². The van der Waals surface area contributed by atoms with Crippen LogP contribution in [0, 0.1) is 0 Å². The first kappa shape index (κ1) is 27.0. The van der Waals surface area contributed by atoms with Gasteiger partial charge in [0.2, 0.25) is 0 Å². The van der Waals surface area contributed by atoms with Crippen molar-refractivity contribution < 1.29 is 38.9 Å².